The Kier molecular flexibility index (Phi) is 5.23. The van der Waals surface area contributed by atoms with Crippen LogP contribution in [-0.2, 0) is 6.18 Å². The zero-order valence-electron chi connectivity index (χ0n) is 13.0. The van der Waals surface area contributed by atoms with Crippen molar-refractivity contribution in [3.8, 4) is 11.5 Å². The topological polar surface area (TPSA) is 42.4 Å². The third-order valence-electron chi connectivity index (χ3n) is 2.91. The minimum absolute atomic E-state index is 0.190. The van der Waals surface area contributed by atoms with E-state index in [1.165, 1.54) is 12.3 Å². The molecule has 0 aliphatic heterocycles. The lowest BCUT2D eigenvalue weighted by molar-refractivity contribution is -0.137. The van der Waals surface area contributed by atoms with Gasteiger partial charge in [0.2, 0.25) is 5.78 Å². The fourth-order valence-corrected chi connectivity index (χ4v) is 1.77. The fourth-order valence-electron chi connectivity index (χ4n) is 1.77. The molecule has 1 aromatic carbocycles. The second-order valence-electron chi connectivity index (χ2n) is 5.13. The van der Waals surface area contributed by atoms with Crippen molar-refractivity contribution in [2.75, 3.05) is 14.1 Å². The molecule has 4 nitrogen and oxygen atoms in total. The number of hydrogen-bond acceptors (Lipinski definition) is 4. The Balaban J connectivity index is 2.44. The molecule has 1 heterocycles. The van der Waals surface area contributed by atoms with Gasteiger partial charge >= 0.3 is 6.18 Å². The van der Waals surface area contributed by atoms with Crippen LogP contribution >= 0.6 is 0 Å². The summed E-state index contributed by atoms with van der Waals surface area (Å²) in [6.45, 7) is 0. The number of para-hydroxylation sites is 1. The summed E-state index contributed by atoms with van der Waals surface area (Å²) in [4.78, 5) is 17.5. The SMILES string of the molecule is CN(C)/C=C/C(=O)c1ncc(C(F)(F)F)cc1Oc1ccccc1. The molecule has 126 valence electrons. The van der Waals surface area contributed by atoms with Crippen molar-refractivity contribution in [1.29, 1.82) is 0 Å². The first-order valence-corrected chi connectivity index (χ1v) is 6.96. The van der Waals surface area contributed by atoms with Gasteiger partial charge in [0.25, 0.3) is 0 Å². The second-order valence-corrected chi connectivity index (χ2v) is 5.13. The number of alkyl halides is 3. The molecule has 0 saturated heterocycles. The molecule has 0 fully saturated rings. The third kappa shape index (κ3) is 4.58. The monoisotopic (exact) mass is 336 g/mol. The van der Waals surface area contributed by atoms with Crippen LogP contribution in [0, 0.1) is 0 Å². The van der Waals surface area contributed by atoms with Crippen LogP contribution < -0.4 is 4.74 Å². The Bertz CT molecular complexity index is 741. The summed E-state index contributed by atoms with van der Waals surface area (Å²) in [7, 11) is 3.43. The Hall–Kier alpha value is -2.83. The molecular weight excluding hydrogens is 321 g/mol. The van der Waals surface area contributed by atoms with E-state index in [0.29, 0.717) is 11.9 Å². The van der Waals surface area contributed by atoms with Gasteiger partial charge in [0, 0.05) is 32.6 Å². The molecule has 0 N–H and O–H groups in total. The average molecular weight is 336 g/mol. The standard InChI is InChI=1S/C17H15F3N2O2/c1-22(2)9-8-14(23)16-15(24-13-6-4-3-5-7-13)10-12(11-21-16)17(18,19)20/h3-11H,1-2H3/b9-8+. The number of carbonyl (C=O) groups is 1. The predicted molar refractivity (Wildman–Crippen MR) is 82.9 cm³/mol. The van der Waals surface area contributed by atoms with Gasteiger partial charge in [-0.3, -0.25) is 4.79 Å². The number of ketones is 1. The highest BCUT2D eigenvalue weighted by Gasteiger charge is 2.32. The highest BCUT2D eigenvalue weighted by atomic mass is 19.4. The van der Waals surface area contributed by atoms with Crippen molar-refractivity contribution in [1.82, 2.24) is 9.88 Å². The highest BCUT2D eigenvalue weighted by molar-refractivity contribution is 6.05. The van der Waals surface area contributed by atoms with Gasteiger partial charge in [0.15, 0.2) is 11.4 Å². The van der Waals surface area contributed by atoms with Crippen LogP contribution in [0.1, 0.15) is 16.1 Å². The van der Waals surface area contributed by atoms with Crippen LogP contribution in [-0.4, -0.2) is 29.8 Å². The van der Waals surface area contributed by atoms with Crippen molar-refractivity contribution in [3.63, 3.8) is 0 Å². The van der Waals surface area contributed by atoms with E-state index in [-0.39, 0.29) is 11.4 Å². The number of benzene rings is 1. The molecule has 0 saturated carbocycles. The van der Waals surface area contributed by atoms with E-state index in [4.69, 9.17) is 4.74 Å². The van der Waals surface area contributed by atoms with Crippen molar-refractivity contribution < 1.29 is 22.7 Å². The number of aromatic nitrogens is 1. The van der Waals surface area contributed by atoms with E-state index in [2.05, 4.69) is 4.98 Å². The van der Waals surface area contributed by atoms with Crippen LogP contribution in [0.2, 0.25) is 0 Å². The van der Waals surface area contributed by atoms with Gasteiger partial charge in [-0.05, 0) is 18.2 Å². The molecular formula is C17H15F3N2O2. The molecule has 0 radical (unpaired) electrons. The first-order valence-electron chi connectivity index (χ1n) is 6.96. The second kappa shape index (κ2) is 7.16. The van der Waals surface area contributed by atoms with E-state index in [1.807, 2.05) is 0 Å². The molecule has 0 amide bonds. The van der Waals surface area contributed by atoms with E-state index in [0.717, 1.165) is 6.07 Å². The number of ether oxygens (including phenoxy) is 1. The van der Waals surface area contributed by atoms with Gasteiger partial charge in [-0.15, -0.1) is 0 Å². The highest BCUT2D eigenvalue weighted by Crippen LogP contribution is 2.34. The van der Waals surface area contributed by atoms with Crippen molar-refractivity contribution in [3.05, 3.63) is 66.1 Å². The average Bonchev–Trinajstić information content (AvgIpc) is 2.52. The number of hydrogen-bond donors (Lipinski definition) is 0. The predicted octanol–water partition coefficient (Wildman–Crippen LogP) is 4.15. The third-order valence-corrected chi connectivity index (χ3v) is 2.91. The van der Waals surface area contributed by atoms with Crippen molar-refractivity contribution in [2.24, 2.45) is 0 Å². The smallest absolute Gasteiger partial charge is 0.418 e. The summed E-state index contributed by atoms with van der Waals surface area (Å²) in [5.74, 6) is -0.489. The van der Waals surface area contributed by atoms with E-state index < -0.39 is 17.5 Å². The van der Waals surface area contributed by atoms with E-state index >= 15 is 0 Å². The van der Waals surface area contributed by atoms with Crippen LogP contribution in [0.25, 0.3) is 0 Å². The zero-order valence-corrected chi connectivity index (χ0v) is 13.0. The van der Waals surface area contributed by atoms with Gasteiger partial charge in [-0.25, -0.2) is 4.98 Å². The molecule has 0 atom stereocenters. The largest absolute Gasteiger partial charge is 0.455 e. The molecule has 7 heteroatoms. The van der Waals surface area contributed by atoms with Crippen LogP contribution in [0.15, 0.2) is 54.9 Å². The van der Waals surface area contributed by atoms with Crippen LogP contribution in [0.3, 0.4) is 0 Å². The van der Waals surface area contributed by atoms with E-state index in [1.54, 1.807) is 49.3 Å². The van der Waals surface area contributed by atoms with Crippen LogP contribution in [0.4, 0.5) is 13.2 Å². The number of rotatable bonds is 5. The fraction of sp³-hybridized carbons (Fsp3) is 0.176. The Labute approximate surface area is 137 Å². The van der Waals surface area contributed by atoms with Gasteiger partial charge < -0.3 is 9.64 Å². The first kappa shape index (κ1) is 17.5. The maximum atomic E-state index is 12.9. The summed E-state index contributed by atoms with van der Waals surface area (Å²) >= 11 is 0. The van der Waals surface area contributed by atoms with Gasteiger partial charge in [-0.2, -0.15) is 13.2 Å². The van der Waals surface area contributed by atoms with Gasteiger partial charge in [0.1, 0.15) is 5.75 Å². The Morgan fingerprint density at radius 2 is 1.88 bits per heavy atom. The number of carbonyl (C=O) groups excluding carboxylic acids is 1. The lowest BCUT2D eigenvalue weighted by Crippen LogP contribution is -2.10. The molecule has 0 unspecified atom stereocenters. The molecule has 2 aromatic rings. The van der Waals surface area contributed by atoms with Crippen LogP contribution in [0.5, 0.6) is 11.5 Å². The summed E-state index contributed by atoms with van der Waals surface area (Å²) in [5, 5.41) is 0. The van der Waals surface area contributed by atoms with Gasteiger partial charge in [0.05, 0.1) is 5.56 Å². The van der Waals surface area contributed by atoms with Crippen molar-refractivity contribution in [2.45, 2.75) is 6.18 Å². The molecule has 0 aliphatic carbocycles. The molecule has 24 heavy (non-hydrogen) atoms. The molecule has 2 rings (SSSR count). The minimum Gasteiger partial charge on any atom is -0.455 e. The summed E-state index contributed by atoms with van der Waals surface area (Å²) in [6.07, 6.45) is -1.27. The maximum absolute atomic E-state index is 12.9. The Morgan fingerprint density at radius 3 is 2.46 bits per heavy atom. The number of halogens is 3. The molecule has 0 bridgehead atoms. The first-order chi connectivity index (χ1) is 11.3. The Morgan fingerprint density at radius 1 is 1.21 bits per heavy atom. The van der Waals surface area contributed by atoms with E-state index in [9.17, 15) is 18.0 Å². The van der Waals surface area contributed by atoms with Gasteiger partial charge in [-0.1, -0.05) is 18.2 Å². The zero-order chi connectivity index (χ0) is 17.7. The summed E-state index contributed by atoms with van der Waals surface area (Å²) in [6, 6.07) is 9.00. The number of allylic oxidation sites excluding steroid dienone is 1. The molecule has 0 spiro atoms. The van der Waals surface area contributed by atoms with Crippen molar-refractivity contribution >= 4 is 5.78 Å². The number of nitrogens with zero attached hydrogens (tertiary/aromatic N) is 2. The number of pyridine rings is 1. The molecule has 1 aromatic heterocycles. The summed E-state index contributed by atoms with van der Waals surface area (Å²) in [5.41, 5.74) is -1.17. The quantitative estimate of drug-likeness (QED) is 0.608. The maximum Gasteiger partial charge on any atom is 0.418 e. The normalized spacial score (nSPS) is 11.5. The molecule has 0 aliphatic rings. The summed E-state index contributed by atoms with van der Waals surface area (Å²) < 4.78 is 44.1. The lowest BCUT2D eigenvalue weighted by atomic mass is 10.1. The minimum atomic E-state index is -4.58. The lowest BCUT2D eigenvalue weighted by Gasteiger charge is -2.12.